The van der Waals surface area contributed by atoms with E-state index < -0.39 is 35.6 Å². The van der Waals surface area contributed by atoms with Crippen molar-refractivity contribution in [1.29, 1.82) is 0 Å². The number of nitrogens with zero attached hydrogens (tertiary/aromatic N) is 1. The second-order valence-electron chi connectivity index (χ2n) is 9.57. The molecule has 0 fully saturated rings. The quantitative estimate of drug-likeness (QED) is 0.425. The minimum absolute atomic E-state index is 0.111. The molecule has 0 aromatic heterocycles. The highest BCUT2D eigenvalue weighted by Crippen LogP contribution is 2.24. The summed E-state index contributed by atoms with van der Waals surface area (Å²) in [5.41, 5.74) is 0.399. The Morgan fingerprint density at radius 3 is 2.09 bits per heavy atom. The van der Waals surface area contributed by atoms with Crippen molar-refractivity contribution in [2.75, 3.05) is 0 Å². The summed E-state index contributed by atoms with van der Waals surface area (Å²) in [6, 6.07) is 6.86. The van der Waals surface area contributed by atoms with Gasteiger partial charge < -0.3 is 15.4 Å². The zero-order valence-corrected chi connectivity index (χ0v) is 21.3. The van der Waals surface area contributed by atoms with E-state index in [0.29, 0.717) is 11.1 Å². The molecular weight excluding hydrogens is 430 g/mol. The second-order valence-corrected chi connectivity index (χ2v) is 9.57. The van der Waals surface area contributed by atoms with Crippen LogP contribution >= 0.6 is 0 Å². The van der Waals surface area contributed by atoms with Crippen LogP contribution in [0.25, 0.3) is 0 Å². The molecule has 0 saturated heterocycles. The molecule has 1 aromatic carbocycles. The summed E-state index contributed by atoms with van der Waals surface area (Å²) in [7, 11) is 0. The van der Waals surface area contributed by atoms with Gasteiger partial charge in [-0.05, 0) is 57.7 Å². The van der Waals surface area contributed by atoms with Crippen LogP contribution in [-0.4, -0.2) is 40.5 Å². The number of hydrogen-bond acceptors (Lipinski definition) is 4. The Kier molecular flexibility index (Phi) is 10.7. The molecular formula is C27H37N3O4. The van der Waals surface area contributed by atoms with Crippen LogP contribution in [0, 0.1) is 30.7 Å². The van der Waals surface area contributed by atoms with E-state index in [4.69, 9.17) is 17.6 Å². The van der Waals surface area contributed by atoms with E-state index in [1.54, 1.807) is 58.9 Å². The Hall–Kier alpha value is -3.45. The molecule has 0 heterocycles. The van der Waals surface area contributed by atoms with Crippen LogP contribution in [0.3, 0.4) is 0 Å². The predicted octanol–water partition coefficient (Wildman–Crippen LogP) is 3.98. The smallest absolute Gasteiger partial charge is 0.408 e. The molecule has 184 valence electrons. The lowest BCUT2D eigenvalue weighted by atomic mass is 9.98. The normalized spacial score (nSPS) is 13.6. The van der Waals surface area contributed by atoms with Crippen molar-refractivity contribution in [2.24, 2.45) is 5.92 Å². The van der Waals surface area contributed by atoms with Gasteiger partial charge in [0.1, 0.15) is 17.7 Å². The summed E-state index contributed by atoms with van der Waals surface area (Å²) in [5, 5.41) is 5.54. The fourth-order valence-corrected chi connectivity index (χ4v) is 3.37. The highest BCUT2D eigenvalue weighted by Gasteiger charge is 2.37. The Morgan fingerprint density at radius 2 is 1.65 bits per heavy atom. The maximum Gasteiger partial charge on any atom is 0.408 e. The van der Waals surface area contributed by atoms with Gasteiger partial charge in [-0.3, -0.25) is 14.5 Å². The molecule has 0 radical (unpaired) electrons. The molecule has 3 amide bonds. The van der Waals surface area contributed by atoms with Gasteiger partial charge in [-0.2, -0.15) is 0 Å². The topological polar surface area (TPSA) is 87.7 Å². The van der Waals surface area contributed by atoms with Gasteiger partial charge in [-0.25, -0.2) is 4.79 Å². The van der Waals surface area contributed by atoms with Crippen molar-refractivity contribution in [3.8, 4) is 24.8 Å². The lowest BCUT2D eigenvalue weighted by Crippen LogP contribution is -2.54. The standard InChI is InChI=1S/C27H37N3O4/c1-10-13-19(6)28-24(31)23(21-16-14-20(11-2)15-17-21)30(12-3)25(32)22(18(4)5)29-26(33)34-27(7,8)9/h2-3,14-19,22-23H,10,13H2,1,4-9H3,(H,28,31)(H,29,33). The molecule has 7 heteroatoms. The number of benzene rings is 1. The third kappa shape index (κ3) is 8.48. The first-order valence-corrected chi connectivity index (χ1v) is 11.5. The second kappa shape index (κ2) is 12.7. The number of ether oxygens (including phenoxy) is 1. The van der Waals surface area contributed by atoms with Gasteiger partial charge in [0.05, 0.1) is 0 Å². The summed E-state index contributed by atoms with van der Waals surface area (Å²) >= 11 is 0. The first kappa shape index (κ1) is 28.6. The van der Waals surface area contributed by atoms with Gasteiger partial charge in [0.2, 0.25) is 5.91 Å². The predicted molar refractivity (Wildman–Crippen MR) is 133 cm³/mol. The zero-order valence-electron chi connectivity index (χ0n) is 21.3. The first-order valence-electron chi connectivity index (χ1n) is 11.5. The Morgan fingerprint density at radius 1 is 1.06 bits per heavy atom. The van der Waals surface area contributed by atoms with E-state index in [1.165, 1.54) is 0 Å². The third-order valence-electron chi connectivity index (χ3n) is 4.99. The van der Waals surface area contributed by atoms with E-state index in [1.807, 2.05) is 13.8 Å². The molecule has 1 aromatic rings. The van der Waals surface area contributed by atoms with E-state index in [-0.39, 0.29) is 12.0 Å². The summed E-state index contributed by atoms with van der Waals surface area (Å²) in [6.45, 7) is 12.6. The molecule has 0 saturated carbocycles. The van der Waals surface area contributed by atoms with Gasteiger partial charge in [0.15, 0.2) is 0 Å². The van der Waals surface area contributed by atoms with Crippen LogP contribution in [0.4, 0.5) is 4.79 Å². The maximum atomic E-state index is 13.6. The van der Waals surface area contributed by atoms with Crippen molar-refractivity contribution in [3.05, 3.63) is 35.4 Å². The number of terminal acetylenes is 2. The third-order valence-corrected chi connectivity index (χ3v) is 4.99. The molecule has 34 heavy (non-hydrogen) atoms. The number of rotatable bonds is 9. The molecule has 0 bridgehead atoms. The average molecular weight is 468 g/mol. The average Bonchev–Trinajstić information content (AvgIpc) is 2.74. The minimum Gasteiger partial charge on any atom is -0.444 e. The fraction of sp³-hybridized carbons (Fsp3) is 0.519. The van der Waals surface area contributed by atoms with Crippen molar-refractivity contribution >= 4 is 17.9 Å². The fourth-order valence-electron chi connectivity index (χ4n) is 3.37. The lowest BCUT2D eigenvalue weighted by molar-refractivity contribution is -0.139. The molecule has 3 atom stereocenters. The largest absolute Gasteiger partial charge is 0.444 e. The van der Waals surface area contributed by atoms with Gasteiger partial charge in [0.25, 0.3) is 5.91 Å². The van der Waals surface area contributed by atoms with Crippen LogP contribution in [0.2, 0.25) is 0 Å². The van der Waals surface area contributed by atoms with Gasteiger partial charge in [-0.1, -0.05) is 51.7 Å². The summed E-state index contributed by atoms with van der Waals surface area (Å²) in [4.78, 5) is 40.3. The molecule has 0 aliphatic carbocycles. The SMILES string of the molecule is C#Cc1ccc(C(C(=O)NC(C)CCC)N(C#C)C(=O)C(NC(=O)OC(C)(C)C)C(C)C)cc1. The van der Waals surface area contributed by atoms with E-state index in [2.05, 4.69) is 22.6 Å². The van der Waals surface area contributed by atoms with E-state index in [0.717, 1.165) is 17.7 Å². The van der Waals surface area contributed by atoms with Crippen molar-refractivity contribution in [2.45, 2.75) is 85.0 Å². The number of hydrogen-bond donors (Lipinski definition) is 2. The summed E-state index contributed by atoms with van der Waals surface area (Å²) < 4.78 is 5.31. The number of nitrogens with one attached hydrogen (secondary N) is 2. The zero-order chi connectivity index (χ0) is 26.1. The Bertz CT molecular complexity index is 933. The number of amides is 3. The van der Waals surface area contributed by atoms with Gasteiger partial charge in [0, 0.05) is 17.6 Å². The highest BCUT2D eigenvalue weighted by molar-refractivity contribution is 5.93. The van der Waals surface area contributed by atoms with E-state index >= 15 is 0 Å². The van der Waals surface area contributed by atoms with Crippen LogP contribution in [0.15, 0.2) is 24.3 Å². The molecule has 0 aliphatic rings. The monoisotopic (exact) mass is 467 g/mol. The van der Waals surface area contributed by atoms with Gasteiger partial charge >= 0.3 is 6.09 Å². The highest BCUT2D eigenvalue weighted by atomic mass is 16.6. The molecule has 3 unspecified atom stereocenters. The Balaban J connectivity index is 3.37. The van der Waals surface area contributed by atoms with Gasteiger partial charge in [-0.15, -0.1) is 6.42 Å². The Labute approximate surface area is 204 Å². The van der Waals surface area contributed by atoms with Crippen molar-refractivity contribution in [3.63, 3.8) is 0 Å². The first-order chi connectivity index (χ1) is 15.8. The van der Waals surface area contributed by atoms with Crippen LogP contribution in [-0.2, 0) is 14.3 Å². The molecule has 7 nitrogen and oxygen atoms in total. The van der Waals surface area contributed by atoms with Crippen molar-refractivity contribution in [1.82, 2.24) is 15.5 Å². The molecule has 1 rings (SSSR count). The maximum absolute atomic E-state index is 13.6. The number of carbonyl (C=O) groups is 3. The molecule has 0 spiro atoms. The van der Waals surface area contributed by atoms with E-state index in [9.17, 15) is 14.4 Å². The molecule has 2 N–H and O–H groups in total. The summed E-state index contributed by atoms with van der Waals surface area (Å²) in [6.07, 6.45) is 12.1. The number of carbonyl (C=O) groups excluding carboxylic acids is 3. The molecule has 0 aliphatic heterocycles. The minimum atomic E-state index is -1.11. The van der Waals surface area contributed by atoms with Crippen molar-refractivity contribution < 1.29 is 19.1 Å². The van der Waals surface area contributed by atoms with Crippen LogP contribution in [0.5, 0.6) is 0 Å². The van der Waals surface area contributed by atoms with Crippen LogP contribution < -0.4 is 10.6 Å². The lowest BCUT2D eigenvalue weighted by Gasteiger charge is -2.32. The summed E-state index contributed by atoms with van der Waals surface area (Å²) in [5.74, 6) is 1.20. The van der Waals surface area contributed by atoms with Crippen LogP contribution in [0.1, 0.15) is 78.5 Å². The number of alkyl carbamates (subject to hydrolysis) is 1.